The number of carbonyl (C=O) groups is 1. The molecule has 0 radical (unpaired) electrons. The van der Waals surface area contributed by atoms with Crippen molar-refractivity contribution in [2.45, 2.75) is 6.92 Å². The standard InChI is InChI=1S/C10H12FNO3/c1-6-4-7(12)5-8(9(6)11)10(14)15-3-2-13/h4-5,13H,2-3,12H2,1H3. The molecule has 1 aromatic rings. The third kappa shape index (κ3) is 2.66. The van der Waals surface area contributed by atoms with E-state index in [0.29, 0.717) is 5.69 Å². The zero-order valence-electron chi connectivity index (χ0n) is 8.29. The van der Waals surface area contributed by atoms with E-state index in [0.717, 1.165) is 0 Å². The van der Waals surface area contributed by atoms with Gasteiger partial charge < -0.3 is 15.6 Å². The van der Waals surface area contributed by atoms with Gasteiger partial charge in [-0.25, -0.2) is 9.18 Å². The Morgan fingerprint density at radius 3 is 2.87 bits per heavy atom. The summed E-state index contributed by atoms with van der Waals surface area (Å²) < 4.78 is 18.0. The van der Waals surface area contributed by atoms with Gasteiger partial charge in [-0.1, -0.05) is 0 Å². The second-order valence-corrected chi connectivity index (χ2v) is 3.06. The number of esters is 1. The van der Waals surface area contributed by atoms with Crippen LogP contribution in [0.15, 0.2) is 12.1 Å². The van der Waals surface area contributed by atoms with Gasteiger partial charge in [-0.15, -0.1) is 0 Å². The molecule has 0 bridgehead atoms. The molecule has 0 heterocycles. The van der Waals surface area contributed by atoms with Crippen molar-refractivity contribution in [2.24, 2.45) is 0 Å². The number of carbonyl (C=O) groups excluding carboxylic acids is 1. The monoisotopic (exact) mass is 213 g/mol. The Bertz CT molecular complexity index is 379. The number of halogens is 1. The molecule has 0 amide bonds. The summed E-state index contributed by atoms with van der Waals surface area (Å²) in [7, 11) is 0. The predicted molar refractivity (Wildman–Crippen MR) is 52.9 cm³/mol. The van der Waals surface area contributed by atoms with Crippen LogP contribution >= 0.6 is 0 Å². The van der Waals surface area contributed by atoms with Gasteiger partial charge in [-0.2, -0.15) is 0 Å². The van der Waals surface area contributed by atoms with Gasteiger partial charge >= 0.3 is 5.97 Å². The smallest absolute Gasteiger partial charge is 0.341 e. The van der Waals surface area contributed by atoms with E-state index in [1.807, 2.05) is 0 Å². The molecule has 15 heavy (non-hydrogen) atoms. The third-order valence-electron chi connectivity index (χ3n) is 1.82. The maximum atomic E-state index is 13.4. The molecule has 0 aliphatic carbocycles. The molecule has 1 rings (SSSR count). The van der Waals surface area contributed by atoms with Gasteiger partial charge in [-0.05, 0) is 24.6 Å². The fraction of sp³-hybridized carbons (Fsp3) is 0.300. The highest BCUT2D eigenvalue weighted by atomic mass is 19.1. The molecule has 0 aliphatic heterocycles. The summed E-state index contributed by atoms with van der Waals surface area (Å²) >= 11 is 0. The molecule has 0 aromatic heterocycles. The van der Waals surface area contributed by atoms with Gasteiger partial charge in [-0.3, -0.25) is 0 Å². The van der Waals surface area contributed by atoms with E-state index in [9.17, 15) is 9.18 Å². The van der Waals surface area contributed by atoms with Crippen molar-refractivity contribution in [1.82, 2.24) is 0 Å². The number of nitrogens with two attached hydrogens (primary N) is 1. The summed E-state index contributed by atoms with van der Waals surface area (Å²) in [6, 6.07) is 2.64. The van der Waals surface area contributed by atoms with Crippen LogP contribution in [-0.4, -0.2) is 24.3 Å². The van der Waals surface area contributed by atoms with Crippen molar-refractivity contribution in [2.75, 3.05) is 18.9 Å². The summed E-state index contributed by atoms with van der Waals surface area (Å²) in [6.07, 6.45) is 0. The van der Waals surface area contributed by atoms with Crippen molar-refractivity contribution >= 4 is 11.7 Å². The van der Waals surface area contributed by atoms with Crippen LogP contribution in [0.2, 0.25) is 0 Å². The number of aliphatic hydroxyl groups is 1. The molecule has 0 atom stereocenters. The molecule has 3 N–H and O–H groups in total. The Kier molecular flexibility index (Phi) is 3.62. The number of anilines is 1. The number of rotatable bonds is 3. The first kappa shape index (κ1) is 11.5. The largest absolute Gasteiger partial charge is 0.460 e. The van der Waals surface area contributed by atoms with Crippen molar-refractivity contribution < 1.29 is 19.0 Å². The lowest BCUT2D eigenvalue weighted by molar-refractivity contribution is 0.0428. The van der Waals surface area contributed by atoms with Crippen LogP contribution in [-0.2, 0) is 4.74 Å². The molecule has 4 nitrogen and oxygen atoms in total. The first-order valence-electron chi connectivity index (χ1n) is 4.40. The Labute approximate surface area is 86.5 Å². The summed E-state index contributed by atoms with van der Waals surface area (Å²) in [5, 5.41) is 8.44. The quantitative estimate of drug-likeness (QED) is 0.577. The molecule has 0 fully saturated rings. The number of hydrogen-bond acceptors (Lipinski definition) is 4. The molecule has 0 saturated heterocycles. The third-order valence-corrected chi connectivity index (χ3v) is 1.82. The molecule has 1 aromatic carbocycles. The minimum absolute atomic E-state index is 0.161. The lowest BCUT2D eigenvalue weighted by atomic mass is 10.1. The maximum absolute atomic E-state index is 13.4. The lowest BCUT2D eigenvalue weighted by Gasteiger charge is -2.07. The lowest BCUT2D eigenvalue weighted by Crippen LogP contribution is -2.11. The highest BCUT2D eigenvalue weighted by Crippen LogP contribution is 2.17. The summed E-state index contributed by atoms with van der Waals surface area (Å²) in [4.78, 5) is 11.3. The van der Waals surface area contributed by atoms with Gasteiger partial charge in [0.25, 0.3) is 0 Å². The van der Waals surface area contributed by atoms with E-state index in [-0.39, 0.29) is 24.3 Å². The van der Waals surface area contributed by atoms with Crippen LogP contribution < -0.4 is 5.73 Å². The van der Waals surface area contributed by atoms with Crippen molar-refractivity contribution in [3.63, 3.8) is 0 Å². The topological polar surface area (TPSA) is 72.6 Å². The van der Waals surface area contributed by atoms with Crippen LogP contribution in [0.25, 0.3) is 0 Å². The molecule has 0 aliphatic rings. The summed E-state index contributed by atoms with van der Waals surface area (Å²) in [6.45, 7) is 1.05. The highest BCUT2D eigenvalue weighted by Gasteiger charge is 2.15. The second kappa shape index (κ2) is 4.75. The van der Waals surface area contributed by atoms with E-state index in [1.165, 1.54) is 19.1 Å². The Balaban J connectivity index is 2.98. The van der Waals surface area contributed by atoms with E-state index in [1.54, 1.807) is 0 Å². The van der Waals surface area contributed by atoms with Crippen LogP contribution in [0.4, 0.5) is 10.1 Å². The Hall–Kier alpha value is -1.62. The van der Waals surface area contributed by atoms with Crippen molar-refractivity contribution in [3.8, 4) is 0 Å². The molecule has 82 valence electrons. The number of nitrogen functional groups attached to an aromatic ring is 1. The van der Waals surface area contributed by atoms with Gasteiger partial charge in [0.1, 0.15) is 12.4 Å². The molecule has 0 unspecified atom stereocenters. The Morgan fingerprint density at radius 2 is 2.27 bits per heavy atom. The minimum Gasteiger partial charge on any atom is -0.460 e. The number of aryl methyl sites for hydroxylation is 1. The minimum atomic E-state index is -0.822. The van der Waals surface area contributed by atoms with Crippen molar-refractivity contribution in [1.29, 1.82) is 0 Å². The average Bonchev–Trinajstić information content (AvgIpc) is 2.19. The van der Waals surface area contributed by atoms with Gasteiger partial charge in [0.15, 0.2) is 0 Å². The van der Waals surface area contributed by atoms with E-state index in [2.05, 4.69) is 4.74 Å². The highest BCUT2D eigenvalue weighted by molar-refractivity contribution is 5.91. The number of benzene rings is 1. The fourth-order valence-corrected chi connectivity index (χ4v) is 1.16. The average molecular weight is 213 g/mol. The number of ether oxygens (including phenoxy) is 1. The second-order valence-electron chi connectivity index (χ2n) is 3.06. The van der Waals surface area contributed by atoms with Gasteiger partial charge in [0.2, 0.25) is 0 Å². The van der Waals surface area contributed by atoms with Crippen LogP contribution in [0.5, 0.6) is 0 Å². The van der Waals surface area contributed by atoms with Gasteiger partial charge in [0.05, 0.1) is 12.2 Å². The fourth-order valence-electron chi connectivity index (χ4n) is 1.16. The SMILES string of the molecule is Cc1cc(N)cc(C(=O)OCCO)c1F. The zero-order chi connectivity index (χ0) is 11.4. The summed E-state index contributed by atoms with van der Waals surface area (Å²) in [5.74, 6) is -1.47. The van der Waals surface area contributed by atoms with E-state index in [4.69, 9.17) is 10.8 Å². The Morgan fingerprint density at radius 1 is 1.60 bits per heavy atom. The molecular weight excluding hydrogens is 201 g/mol. The maximum Gasteiger partial charge on any atom is 0.341 e. The number of hydrogen-bond donors (Lipinski definition) is 2. The first-order valence-corrected chi connectivity index (χ1v) is 4.40. The molecule has 0 spiro atoms. The molecular formula is C10H12FNO3. The van der Waals surface area contributed by atoms with Crippen LogP contribution in [0.1, 0.15) is 15.9 Å². The van der Waals surface area contributed by atoms with Crippen LogP contribution in [0.3, 0.4) is 0 Å². The zero-order valence-corrected chi connectivity index (χ0v) is 8.29. The van der Waals surface area contributed by atoms with Gasteiger partial charge in [0, 0.05) is 5.69 Å². The van der Waals surface area contributed by atoms with E-state index >= 15 is 0 Å². The van der Waals surface area contributed by atoms with Crippen LogP contribution in [0, 0.1) is 12.7 Å². The molecule has 5 heteroatoms. The van der Waals surface area contributed by atoms with E-state index < -0.39 is 11.8 Å². The summed E-state index contributed by atoms with van der Waals surface area (Å²) in [5.41, 5.74) is 5.84. The first-order chi connectivity index (χ1) is 7.06. The number of aliphatic hydroxyl groups excluding tert-OH is 1. The normalized spacial score (nSPS) is 10.1. The molecule has 0 saturated carbocycles. The predicted octanol–water partition coefficient (Wildman–Crippen LogP) is 0.865. The van der Waals surface area contributed by atoms with Crippen molar-refractivity contribution in [3.05, 3.63) is 29.1 Å².